The molecular weight excluding hydrogens is 882 g/mol. The fraction of sp³-hybridized carbons (Fsp3) is 0.523. The predicted molar refractivity (Wildman–Crippen MR) is 231 cm³/mol. The Morgan fingerprint density at radius 3 is 2.44 bits per heavy atom. The van der Waals surface area contributed by atoms with Gasteiger partial charge in [-0.15, -0.1) is 0 Å². The van der Waals surface area contributed by atoms with Crippen molar-refractivity contribution in [2.24, 2.45) is 22.8 Å². The van der Waals surface area contributed by atoms with Crippen LogP contribution in [0.25, 0.3) is 22.3 Å². The van der Waals surface area contributed by atoms with E-state index in [4.69, 9.17) is 31.0 Å². The number of amides is 5. The maximum atomic E-state index is 14.7. The van der Waals surface area contributed by atoms with Crippen molar-refractivity contribution in [3.63, 3.8) is 0 Å². The van der Waals surface area contributed by atoms with Gasteiger partial charge in [0.2, 0.25) is 23.3 Å². The highest BCUT2D eigenvalue weighted by molar-refractivity contribution is 9.10. The van der Waals surface area contributed by atoms with Crippen molar-refractivity contribution in [2.75, 3.05) is 13.1 Å². The number of aliphatic carboxylic acids is 1. The second kappa shape index (κ2) is 19.3. The van der Waals surface area contributed by atoms with Crippen LogP contribution in [0.1, 0.15) is 108 Å². The maximum Gasteiger partial charge on any atom is 0.355 e. The lowest BCUT2D eigenvalue weighted by Gasteiger charge is -2.44. The molecule has 63 heavy (non-hydrogen) atoms. The van der Waals surface area contributed by atoms with Gasteiger partial charge in [-0.2, -0.15) is 0 Å². The third-order valence-corrected chi connectivity index (χ3v) is 13.1. The van der Waals surface area contributed by atoms with Crippen LogP contribution in [-0.2, 0) is 57.0 Å². The number of rotatable bonds is 18. The number of carbonyl (C=O) groups excluding carboxylic acids is 6. The van der Waals surface area contributed by atoms with E-state index >= 15 is 0 Å². The first-order valence-electron chi connectivity index (χ1n) is 21.3. The Labute approximate surface area is 371 Å². The first-order valence-corrected chi connectivity index (χ1v) is 22.1. The molecule has 0 unspecified atom stereocenters. The number of carbonyl (C=O) groups is 7. The number of nitrogens with zero attached hydrogens (tertiary/aromatic N) is 3. The Bertz CT molecular complexity index is 2400. The molecular formula is C44H54BrN7O11. The van der Waals surface area contributed by atoms with Gasteiger partial charge in [0, 0.05) is 40.5 Å². The normalized spacial score (nSPS) is 18.3. The van der Waals surface area contributed by atoms with Gasteiger partial charge in [-0.05, 0) is 67.7 Å². The highest BCUT2D eigenvalue weighted by Crippen LogP contribution is 2.45. The predicted octanol–water partition coefficient (Wildman–Crippen LogP) is 3.87. The number of fused-ring (bicyclic) bond motifs is 5. The highest BCUT2D eigenvalue weighted by Gasteiger charge is 2.52. The van der Waals surface area contributed by atoms with Crippen LogP contribution in [0.4, 0.5) is 4.79 Å². The summed E-state index contributed by atoms with van der Waals surface area (Å²) < 4.78 is 14.3. The summed E-state index contributed by atoms with van der Waals surface area (Å²) in [6.07, 6.45) is 1.91. The second-order valence-corrected chi connectivity index (χ2v) is 17.9. The van der Waals surface area contributed by atoms with Gasteiger partial charge in [0.25, 0.3) is 5.56 Å². The van der Waals surface area contributed by atoms with Gasteiger partial charge < -0.3 is 46.1 Å². The van der Waals surface area contributed by atoms with Crippen LogP contribution in [-0.4, -0.2) is 86.4 Å². The average molecular weight is 937 g/mol. The molecule has 3 atom stereocenters. The number of esters is 2. The number of primary amides is 2. The molecule has 2 aliphatic heterocycles. The van der Waals surface area contributed by atoms with E-state index in [9.17, 15) is 38.4 Å². The van der Waals surface area contributed by atoms with Crippen LogP contribution in [0, 0.1) is 11.3 Å². The molecule has 7 N–H and O–H groups in total. The van der Waals surface area contributed by atoms with Gasteiger partial charge in [-0.25, -0.2) is 14.6 Å². The van der Waals surface area contributed by atoms with Crippen molar-refractivity contribution in [3.05, 3.63) is 61.8 Å². The zero-order valence-electron chi connectivity index (χ0n) is 35.6. The van der Waals surface area contributed by atoms with Crippen molar-refractivity contribution in [2.45, 2.75) is 122 Å². The zero-order chi connectivity index (χ0) is 45.8. The Morgan fingerprint density at radius 1 is 1.06 bits per heavy atom. The molecule has 1 fully saturated rings. The summed E-state index contributed by atoms with van der Waals surface area (Å²) >= 11 is 3.58. The smallest absolute Gasteiger partial charge is 0.355 e. The molecule has 6 rings (SSSR count). The molecule has 19 heteroatoms. The van der Waals surface area contributed by atoms with E-state index in [0.717, 1.165) is 21.8 Å². The van der Waals surface area contributed by atoms with E-state index in [1.807, 2.05) is 24.3 Å². The number of benzene rings is 1. The van der Waals surface area contributed by atoms with Crippen LogP contribution >= 0.6 is 15.9 Å². The maximum absolute atomic E-state index is 14.7. The quantitative estimate of drug-likeness (QED) is 0.0703. The number of pyridine rings is 2. The minimum atomic E-state index is -2.00. The van der Waals surface area contributed by atoms with Crippen molar-refractivity contribution in [1.82, 2.24) is 25.1 Å². The number of nitrogens with one attached hydrogen (secondary N) is 2. The number of cyclic esters (lactones) is 1. The SMILES string of the molecule is CC[C@@]1(OC(=O)CC2(CN(C(=O)[C@@H](NC(=O)CCC(=O)O)C(C)C)[C@@H](CCCNC(N)=O)C(N)=O)CCCCC2)C(=O)OCc2c1cc1n(c2=O)Cc2cc3c(Br)cccc3nc2-1. The third-order valence-electron chi connectivity index (χ3n) is 12.5. The van der Waals surface area contributed by atoms with Crippen molar-refractivity contribution >= 4 is 68.5 Å². The lowest BCUT2D eigenvalue weighted by atomic mass is 9.71. The third kappa shape index (κ3) is 9.87. The summed E-state index contributed by atoms with van der Waals surface area (Å²) in [5, 5.41) is 15.1. The molecule has 3 aromatic rings. The number of nitrogens with two attached hydrogens (primary N) is 2. The Morgan fingerprint density at radius 2 is 1.79 bits per heavy atom. The number of hydrogen-bond acceptors (Lipinski definition) is 11. The minimum Gasteiger partial charge on any atom is -0.481 e. The van der Waals surface area contributed by atoms with Crippen LogP contribution in [0.5, 0.6) is 0 Å². The van der Waals surface area contributed by atoms with Crippen molar-refractivity contribution in [3.8, 4) is 11.4 Å². The minimum absolute atomic E-state index is 0.00780. The van der Waals surface area contributed by atoms with Gasteiger partial charge in [0.1, 0.15) is 18.7 Å². The van der Waals surface area contributed by atoms with Gasteiger partial charge in [0.05, 0.1) is 41.9 Å². The lowest BCUT2D eigenvalue weighted by molar-refractivity contribution is -0.191. The molecule has 0 bridgehead atoms. The number of halogens is 1. The zero-order valence-corrected chi connectivity index (χ0v) is 37.2. The molecule has 1 aromatic carbocycles. The van der Waals surface area contributed by atoms with Crippen LogP contribution in [0.3, 0.4) is 0 Å². The summed E-state index contributed by atoms with van der Waals surface area (Å²) in [6.45, 7) is 4.84. The van der Waals surface area contributed by atoms with E-state index < -0.39 is 89.1 Å². The number of urea groups is 1. The first-order chi connectivity index (χ1) is 29.9. The van der Waals surface area contributed by atoms with E-state index in [-0.39, 0.29) is 63.1 Å². The average Bonchev–Trinajstić information content (AvgIpc) is 3.59. The van der Waals surface area contributed by atoms with Crippen LogP contribution in [0.15, 0.2) is 39.6 Å². The highest BCUT2D eigenvalue weighted by atomic mass is 79.9. The van der Waals surface area contributed by atoms with E-state index in [1.54, 1.807) is 31.4 Å². The Balaban J connectivity index is 1.35. The molecule has 5 amide bonds. The molecule has 2 aromatic heterocycles. The Kier molecular flexibility index (Phi) is 14.3. The van der Waals surface area contributed by atoms with E-state index in [1.165, 1.54) is 4.90 Å². The number of hydrogen-bond donors (Lipinski definition) is 5. The van der Waals surface area contributed by atoms with E-state index in [2.05, 4.69) is 26.6 Å². The van der Waals surface area contributed by atoms with E-state index in [0.29, 0.717) is 42.6 Å². The molecule has 0 saturated heterocycles. The first kappa shape index (κ1) is 46.6. The largest absolute Gasteiger partial charge is 0.481 e. The number of carboxylic acid groups (broad SMARTS) is 1. The summed E-state index contributed by atoms with van der Waals surface area (Å²) in [5.74, 6) is -5.57. The van der Waals surface area contributed by atoms with Crippen molar-refractivity contribution in [1.29, 1.82) is 0 Å². The molecule has 4 heterocycles. The summed E-state index contributed by atoms with van der Waals surface area (Å²) in [5.41, 5.74) is 10.7. The summed E-state index contributed by atoms with van der Waals surface area (Å²) in [6, 6.07) is 6.03. The number of aromatic nitrogens is 2. The molecule has 338 valence electrons. The standard InChI is InChI=1S/C44H54BrN7O11/c1-4-44(28-19-32-37-25(18-26-29(45)10-8-11-30(26)49-37)21-51(32)39(58)27(28)22-62-41(44)60)63-35(56)20-43(15-6-5-7-16-43)23-52(31(38(46)57)12-9-17-48-42(47)61)40(59)36(24(2)3)50-33(53)13-14-34(54)55/h8,10-11,18-19,24,31,36H,4-7,9,12-17,20-23H2,1-3H3,(H2,46,57)(H,50,53)(H,54,55)(H3,47,48,61)/t31-,36-,44-/m0/s1. The molecule has 0 spiro atoms. The monoisotopic (exact) mass is 935 g/mol. The fourth-order valence-corrected chi connectivity index (χ4v) is 9.64. The summed E-state index contributed by atoms with van der Waals surface area (Å²) in [4.78, 5) is 112. The van der Waals surface area contributed by atoms with Gasteiger partial charge in [-0.1, -0.05) is 62.0 Å². The molecule has 3 aliphatic rings. The lowest BCUT2D eigenvalue weighted by Crippen LogP contribution is -2.59. The molecule has 1 saturated carbocycles. The van der Waals surface area contributed by atoms with Gasteiger partial charge in [0.15, 0.2) is 0 Å². The Hall–Kier alpha value is -5.85. The van der Waals surface area contributed by atoms with Crippen LogP contribution in [0.2, 0.25) is 0 Å². The van der Waals surface area contributed by atoms with Gasteiger partial charge >= 0.3 is 23.9 Å². The second-order valence-electron chi connectivity index (χ2n) is 17.1. The van der Waals surface area contributed by atoms with Crippen molar-refractivity contribution < 1.29 is 48.1 Å². The number of ether oxygens (including phenoxy) is 2. The number of carboxylic acids is 1. The molecule has 0 radical (unpaired) electrons. The molecule has 1 aliphatic carbocycles. The van der Waals surface area contributed by atoms with Crippen LogP contribution < -0.4 is 27.7 Å². The topological polar surface area (TPSA) is 272 Å². The molecule has 18 nitrogen and oxygen atoms in total. The fourth-order valence-electron chi connectivity index (χ4n) is 9.17. The summed E-state index contributed by atoms with van der Waals surface area (Å²) in [7, 11) is 0. The van der Waals surface area contributed by atoms with Gasteiger partial charge in [-0.3, -0.25) is 28.8 Å².